The minimum Gasteiger partial charge on any atom is -0.456 e. The minimum absolute atomic E-state index is 0.00865. The molecule has 0 spiro atoms. The topological polar surface area (TPSA) is 46.5 Å². The Labute approximate surface area is 122 Å². The third-order valence-corrected chi connectivity index (χ3v) is 4.05. The molecule has 0 aliphatic carbocycles. The number of carbonyl (C=O) groups excluding carboxylic acids is 1. The van der Waals surface area contributed by atoms with Crippen LogP contribution in [0.1, 0.15) is 20.8 Å². The van der Waals surface area contributed by atoms with E-state index in [0.29, 0.717) is 0 Å². The van der Waals surface area contributed by atoms with Crippen molar-refractivity contribution < 1.29 is 14.1 Å². The van der Waals surface area contributed by atoms with Gasteiger partial charge in [-0.2, -0.15) is 4.55 Å². The fraction of sp³-hybridized carbons (Fsp3) is 0.312. The van der Waals surface area contributed by atoms with Crippen LogP contribution in [-0.4, -0.2) is 21.9 Å². The third kappa shape index (κ3) is 3.74. The number of hydrogen-bond donors (Lipinski definition) is 1. The van der Waals surface area contributed by atoms with Crippen LogP contribution in [0, 0.1) is 0 Å². The summed E-state index contributed by atoms with van der Waals surface area (Å²) in [6, 6.07) is 13.6. The van der Waals surface area contributed by atoms with Gasteiger partial charge in [-0.3, -0.25) is 0 Å². The Morgan fingerprint density at radius 3 is 2.50 bits per heavy atom. The van der Waals surface area contributed by atoms with Gasteiger partial charge in [-0.1, -0.05) is 30.3 Å². The molecule has 0 saturated carbocycles. The molecule has 1 N–H and O–H groups in total. The number of esters is 1. The highest BCUT2D eigenvalue weighted by atomic mass is 32.2. The van der Waals surface area contributed by atoms with Gasteiger partial charge >= 0.3 is 5.97 Å². The van der Waals surface area contributed by atoms with Crippen LogP contribution in [0.4, 0.5) is 0 Å². The standard InChI is InChI=1S/C16H19O3S/c1-16(2,3)19-15(17)11-20(18)14-10-6-8-12-7-4-5-9-13(12)14/h4-10,18H,11H2,1-3H3/q+1. The summed E-state index contributed by atoms with van der Waals surface area (Å²) in [5.74, 6) is -0.387. The van der Waals surface area contributed by atoms with Crippen LogP contribution in [0.2, 0.25) is 0 Å². The molecule has 0 bridgehead atoms. The SMILES string of the molecule is CC(C)(C)OC(=O)C[S+](O)c1cccc2ccccc12. The largest absolute Gasteiger partial charge is 0.456 e. The molecule has 2 aromatic rings. The lowest BCUT2D eigenvalue weighted by Crippen LogP contribution is -2.28. The Hall–Kier alpha value is -1.52. The highest BCUT2D eigenvalue weighted by Crippen LogP contribution is 2.24. The number of ether oxygens (including phenoxy) is 1. The molecule has 0 aliphatic rings. The van der Waals surface area contributed by atoms with Gasteiger partial charge in [0.05, 0.1) is 0 Å². The van der Waals surface area contributed by atoms with Crippen molar-refractivity contribution in [1.29, 1.82) is 0 Å². The molecule has 0 amide bonds. The van der Waals surface area contributed by atoms with E-state index >= 15 is 0 Å². The molecule has 0 aromatic heterocycles. The summed E-state index contributed by atoms with van der Waals surface area (Å²) in [5, 5.41) is 2.03. The van der Waals surface area contributed by atoms with Crippen molar-refractivity contribution in [3.63, 3.8) is 0 Å². The molecule has 20 heavy (non-hydrogen) atoms. The van der Waals surface area contributed by atoms with E-state index in [-0.39, 0.29) is 11.7 Å². The first kappa shape index (κ1) is 14.9. The summed E-state index contributed by atoms with van der Waals surface area (Å²) in [5.41, 5.74) is -0.528. The summed E-state index contributed by atoms with van der Waals surface area (Å²) in [4.78, 5) is 12.6. The molecule has 0 fully saturated rings. The molecular weight excluding hydrogens is 272 g/mol. The smallest absolute Gasteiger partial charge is 0.360 e. The fourth-order valence-corrected chi connectivity index (χ4v) is 3.07. The van der Waals surface area contributed by atoms with Crippen molar-refractivity contribution in [1.82, 2.24) is 0 Å². The van der Waals surface area contributed by atoms with E-state index in [4.69, 9.17) is 4.74 Å². The zero-order chi connectivity index (χ0) is 14.8. The van der Waals surface area contributed by atoms with Crippen LogP contribution in [0.15, 0.2) is 47.4 Å². The molecule has 2 aromatic carbocycles. The van der Waals surface area contributed by atoms with Crippen LogP contribution in [-0.2, 0) is 20.7 Å². The molecule has 1 atom stereocenters. The number of hydrogen-bond acceptors (Lipinski definition) is 3. The summed E-state index contributed by atoms with van der Waals surface area (Å²) in [6.45, 7) is 5.45. The predicted molar refractivity (Wildman–Crippen MR) is 82.9 cm³/mol. The monoisotopic (exact) mass is 291 g/mol. The Balaban J connectivity index is 2.20. The Bertz CT molecular complexity index is 611. The van der Waals surface area contributed by atoms with Crippen LogP contribution >= 0.6 is 0 Å². The summed E-state index contributed by atoms with van der Waals surface area (Å²) in [6.07, 6.45) is 0. The lowest BCUT2D eigenvalue weighted by Gasteiger charge is -2.18. The van der Waals surface area contributed by atoms with Gasteiger partial charge in [-0.05, 0) is 38.3 Å². The van der Waals surface area contributed by atoms with E-state index < -0.39 is 16.8 Å². The van der Waals surface area contributed by atoms with Crippen molar-refractivity contribution in [3.05, 3.63) is 42.5 Å². The van der Waals surface area contributed by atoms with Crippen molar-refractivity contribution >= 4 is 27.9 Å². The molecule has 3 nitrogen and oxygen atoms in total. The van der Waals surface area contributed by atoms with Gasteiger partial charge in [0.2, 0.25) is 5.75 Å². The van der Waals surface area contributed by atoms with E-state index in [1.165, 1.54) is 0 Å². The van der Waals surface area contributed by atoms with Crippen molar-refractivity contribution in [3.8, 4) is 0 Å². The number of carbonyl (C=O) groups is 1. The molecule has 106 valence electrons. The van der Waals surface area contributed by atoms with Crippen molar-refractivity contribution in [2.45, 2.75) is 31.3 Å². The van der Waals surface area contributed by atoms with Crippen LogP contribution in [0.3, 0.4) is 0 Å². The van der Waals surface area contributed by atoms with Gasteiger partial charge in [-0.25, -0.2) is 4.79 Å². The highest BCUT2D eigenvalue weighted by molar-refractivity contribution is 7.92. The molecule has 2 rings (SSSR count). The quantitative estimate of drug-likeness (QED) is 0.694. The predicted octanol–water partition coefficient (Wildman–Crippen LogP) is 3.63. The maximum atomic E-state index is 11.8. The van der Waals surface area contributed by atoms with Gasteiger partial charge in [0.15, 0.2) is 16.1 Å². The van der Waals surface area contributed by atoms with Crippen LogP contribution in [0.5, 0.6) is 0 Å². The average Bonchev–Trinajstić information content (AvgIpc) is 2.35. The zero-order valence-electron chi connectivity index (χ0n) is 11.9. The molecule has 0 heterocycles. The van der Waals surface area contributed by atoms with E-state index in [0.717, 1.165) is 15.7 Å². The average molecular weight is 291 g/mol. The maximum absolute atomic E-state index is 11.8. The molecule has 0 saturated heterocycles. The number of benzene rings is 2. The maximum Gasteiger partial charge on any atom is 0.360 e. The normalized spacial score (nSPS) is 13.2. The summed E-state index contributed by atoms with van der Waals surface area (Å²) >= 11 is -1.15. The molecule has 4 heteroatoms. The van der Waals surface area contributed by atoms with E-state index in [9.17, 15) is 9.35 Å². The Morgan fingerprint density at radius 1 is 1.15 bits per heavy atom. The summed E-state index contributed by atoms with van der Waals surface area (Å²) < 4.78 is 15.6. The van der Waals surface area contributed by atoms with Crippen molar-refractivity contribution in [2.75, 3.05) is 5.75 Å². The van der Waals surface area contributed by atoms with Gasteiger partial charge in [0, 0.05) is 5.39 Å². The van der Waals surface area contributed by atoms with Crippen molar-refractivity contribution in [2.24, 2.45) is 0 Å². The molecule has 1 unspecified atom stereocenters. The van der Waals surface area contributed by atoms with E-state index in [1.54, 1.807) is 0 Å². The molecule has 0 radical (unpaired) electrons. The third-order valence-electron chi connectivity index (χ3n) is 2.68. The second kappa shape index (κ2) is 5.85. The fourth-order valence-electron chi connectivity index (χ4n) is 1.96. The first-order valence-corrected chi connectivity index (χ1v) is 7.81. The highest BCUT2D eigenvalue weighted by Gasteiger charge is 2.29. The number of fused-ring (bicyclic) bond motifs is 1. The summed E-state index contributed by atoms with van der Waals surface area (Å²) in [7, 11) is 0. The minimum atomic E-state index is -1.15. The zero-order valence-corrected chi connectivity index (χ0v) is 12.7. The molecular formula is C16H19O3S+. The lowest BCUT2D eigenvalue weighted by atomic mass is 10.1. The van der Waals surface area contributed by atoms with Crippen LogP contribution in [0.25, 0.3) is 10.8 Å². The molecule has 0 aliphatic heterocycles. The Kier molecular flexibility index (Phi) is 4.35. The second-order valence-corrected chi connectivity index (χ2v) is 7.03. The Morgan fingerprint density at radius 2 is 1.80 bits per heavy atom. The van der Waals surface area contributed by atoms with E-state index in [1.807, 2.05) is 63.2 Å². The van der Waals surface area contributed by atoms with E-state index in [2.05, 4.69) is 0 Å². The van der Waals surface area contributed by atoms with Gasteiger partial charge in [0.1, 0.15) is 5.60 Å². The van der Waals surface area contributed by atoms with Gasteiger partial charge in [0.25, 0.3) is 0 Å². The second-order valence-electron chi connectivity index (χ2n) is 5.57. The first-order chi connectivity index (χ1) is 9.37. The van der Waals surface area contributed by atoms with Gasteiger partial charge in [-0.15, -0.1) is 0 Å². The lowest BCUT2D eigenvalue weighted by molar-refractivity contribution is -0.151. The van der Waals surface area contributed by atoms with Crippen LogP contribution < -0.4 is 0 Å². The number of rotatable bonds is 3. The first-order valence-electron chi connectivity index (χ1n) is 6.46. The van der Waals surface area contributed by atoms with Gasteiger partial charge < -0.3 is 4.74 Å².